The zero-order chi connectivity index (χ0) is 35.7. The smallest absolute Gasteiger partial charge is 0.213 e. The molecule has 0 bridgehead atoms. The van der Waals surface area contributed by atoms with E-state index in [1.54, 1.807) is 31.3 Å². The highest BCUT2D eigenvalue weighted by atomic mass is 32.2. The quantitative estimate of drug-likeness (QED) is 0.146. The first kappa shape index (κ1) is 34.8. The molecule has 1 fully saturated rings. The maximum atomic E-state index is 16.2. The number of rotatable bonds is 11. The Labute approximate surface area is 302 Å². The van der Waals surface area contributed by atoms with Crippen molar-refractivity contribution in [2.45, 2.75) is 57.1 Å². The third-order valence-corrected chi connectivity index (χ3v) is 11.6. The summed E-state index contributed by atoms with van der Waals surface area (Å²) in [5, 5.41) is 3.41. The van der Waals surface area contributed by atoms with Gasteiger partial charge in [-0.15, -0.1) is 11.8 Å². The topological polar surface area (TPSA) is 97.6 Å². The summed E-state index contributed by atoms with van der Waals surface area (Å²) >= 11 is 1.80. The summed E-state index contributed by atoms with van der Waals surface area (Å²) in [5.41, 5.74) is 4.91. The first-order chi connectivity index (χ1) is 24.8. The molecule has 0 amide bonds. The molecule has 0 saturated carbocycles. The molecule has 0 aliphatic carbocycles. The molecule has 1 N–H and O–H groups in total. The van der Waals surface area contributed by atoms with Gasteiger partial charge >= 0.3 is 0 Å². The minimum absolute atomic E-state index is 0.0706. The lowest BCUT2D eigenvalue weighted by molar-refractivity contribution is 0.130. The normalized spacial score (nSPS) is 18.6. The van der Waals surface area contributed by atoms with Crippen LogP contribution in [0.4, 0.5) is 15.9 Å². The van der Waals surface area contributed by atoms with E-state index >= 15 is 4.39 Å². The van der Waals surface area contributed by atoms with Crippen molar-refractivity contribution < 1.29 is 13.9 Å². The van der Waals surface area contributed by atoms with Gasteiger partial charge in [-0.3, -0.25) is 14.7 Å². The van der Waals surface area contributed by atoms with E-state index in [9.17, 15) is 4.79 Å². The number of piperidine rings is 1. The van der Waals surface area contributed by atoms with Crippen LogP contribution in [0, 0.1) is 5.82 Å². The number of aromatic nitrogens is 4. The summed E-state index contributed by atoms with van der Waals surface area (Å²) in [6.07, 6.45) is 12.3. The lowest BCUT2D eigenvalue weighted by atomic mass is 9.99. The van der Waals surface area contributed by atoms with E-state index in [-0.39, 0.29) is 21.9 Å². The van der Waals surface area contributed by atoms with Crippen molar-refractivity contribution in [2.24, 2.45) is 0 Å². The Morgan fingerprint density at radius 1 is 1.12 bits per heavy atom. The van der Waals surface area contributed by atoms with Gasteiger partial charge in [0.25, 0.3) is 0 Å². The van der Waals surface area contributed by atoms with Crippen LogP contribution in [0.25, 0.3) is 22.2 Å². The second-order valence-corrected chi connectivity index (χ2v) is 14.5. The number of aryl methyl sites for hydroxylation is 1. The van der Waals surface area contributed by atoms with Crippen LogP contribution < -0.4 is 25.1 Å². The van der Waals surface area contributed by atoms with Gasteiger partial charge in [0, 0.05) is 63.4 Å². The van der Waals surface area contributed by atoms with Crippen LogP contribution in [-0.2, 0) is 19.5 Å². The Morgan fingerprint density at radius 2 is 1.98 bits per heavy atom. The molecule has 266 valence electrons. The van der Waals surface area contributed by atoms with E-state index in [0.29, 0.717) is 53.5 Å². The van der Waals surface area contributed by atoms with Crippen molar-refractivity contribution in [1.82, 2.24) is 24.4 Å². The van der Waals surface area contributed by atoms with E-state index in [2.05, 4.69) is 60.8 Å². The molecule has 2 unspecified atom stereocenters. The molecule has 6 heterocycles. The highest BCUT2D eigenvalue weighted by molar-refractivity contribution is 7.99. The largest absolute Gasteiger partial charge is 0.488 e. The van der Waals surface area contributed by atoms with E-state index in [1.807, 2.05) is 49.8 Å². The van der Waals surface area contributed by atoms with E-state index in [1.165, 1.54) is 6.07 Å². The predicted octanol–water partition coefficient (Wildman–Crippen LogP) is 6.92. The molecular weight excluding hydrogens is 666 g/mol. The summed E-state index contributed by atoms with van der Waals surface area (Å²) in [6.45, 7) is 7.01. The SMILES string of the molecule is CCc1ccc(-c2c(F)cc3c(=O)c(CN(Cc4ccnc(OC)c4)C4(SC)CCCN(c5ccc(NC)nc5)C4)cn4c3c2OCC4C)nc1. The van der Waals surface area contributed by atoms with Crippen LogP contribution in [0.3, 0.4) is 0 Å². The molecule has 2 atom stereocenters. The van der Waals surface area contributed by atoms with Crippen molar-refractivity contribution >= 4 is 34.2 Å². The van der Waals surface area contributed by atoms with Gasteiger partial charge in [-0.1, -0.05) is 13.0 Å². The van der Waals surface area contributed by atoms with Gasteiger partial charge in [-0.25, -0.2) is 14.4 Å². The van der Waals surface area contributed by atoms with E-state index in [0.717, 1.165) is 55.0 Å². The molecule has 0 spiro atoms. The average molecular weight is 710 g/mol. The van der Waals surface area contributed by atoms with Crippen LogP contribution >= 0.6 is 11.8 Å². The second-order valence-electron chi connectivity index (χ2n) is 13.3. The number of anilines is 2. The van der Waals surface area contributed by atoms with Crippen LogP contribution in [0.15, 0.2) is 72.0 Å². The molecule has 7 rings (SSSR count). The molecule has 5 aromatic rings. The number of pyridine rings is 4. The molecular formula is C39H44FN7O3S. The average Bonchev–Trinajstić information content (AvgIpc) is 3.17. The summed E-state index contributed by atoms with van der Waals surface area (Å²) in [7, 11) is 3.47. The zero-order valence-electron chi connectivity index (χ0n) is 29.8. The zero-order valence-corrected chi connectivity index (χ0v) is 30.6. The molecule has 0 radical (unpaired) electrons. The van der Waals surface area contributed by atoms with Gasteiger partial charge in [0.2, 0.25) is 5.88 Å². The molecule has 2 aliphatic heterocycles. The first-order valence-corrected chi connectivity index (χ1v) is 18.7. The minimum atomic E-state index is -0.522. The summed E-state index contributed by atoms with van der Waals surface area (Å²) in [6, 6.07) is 13.1. The molecule has 1 saturated heterocycles. The molecule has 2 aliphatic rings. The van der Waals surface area contributed by atoms with Gasteiger partial charge in [0.1, 0.15) is 18.2 Å². The third kappa shape index (κ3) is 6.62. The van der Waals surface area contributed by atoms with Crippen molar-refractivity contribution in [3.8, 4) is 22.9 Å². The van der Waals surface area contributed by atoms with E-state index < -0.39 is 5.82 Å². The number of halogens is 1. The number of nitrogens with one attached hydrogen (secondary N) is 1. The lowest BCUT2D eigenvalue weighted by Gasteiger charge is -2.49. The number of thioether (sulfide) groups is 1. The van der Waals surface area contributed by atoms with E-state index in [4.69, 9.17) is 9.47 Å². The molecule has 10 nitrogen and oxygen atoms in total. The first-order valence-electron chi connectivity index (χ1n) is 17.4. The van der Waals surface area contributed by atoms with Crippen molar-refractivity contribution in [1.29, 1.82) is 0 Å². The van der Waals surface area contributed by atoms with Crippen LogP contribution in [0.5, 0.6) is 11.6 Å². The maximum Gasteiger partial charge on any atom is 0.213 e. The van der Waals surface area contributed by atoms with Crippen molar-refractivity contribution in [3.05, 3.63) is 100.0 Å². The van der Waals surface area contributed by atoms with Gasteiger partial charge in [-0.05, 0) is 73.9 Å². The molecule has 4 aromatic heterocycles. The van der Waals surface area contributed by atoms with Crippen molar-refractivity contribution in [3.63, 3.8) is 0 Å². The highest BCUT2D eigenvalue weighted by Crippen LogP contribution is 2.43. The number of hydrogen-bond acceptors (Lipinski definition) is 10. The Kier molecular flexibility index (Phi) is 9.89. The second kappa shape index (κ2) is 14.5. The van der Waals surface area contributed by atoms with Gasteiger partial charge < -0.3 is 24.3 Å². The number of ether oxygens (including phenoxy) is 2. The minimum Gasteiger partial charge on any atom is -0.488 e. The predicted molar refractivity (Wildman–Crippen MR) is 202 cm³/mol. The van der Waals surface area contributed by atoms with Gasteiger partial charge in [0.05, 0.1) is 52.1 Å². The maximum absolute atomic E-state index is 16.2. The van der Waals surface area contributed by atoms with Gasteiger partial charge in [0.15, 0.2) is 11.2 Å². The van der Waals surface area contributed by atoms with Crippen LogP contribution in [0.1, 0.15) is 49.4 Å². The Hall–Kier alpha value is -4.68. The molecule has 12 heteroatoms. The summed E-state index contributed by atoms with van der Waals surface area (Å²) < 4.78 is 30.0. The molecule has 51 heavy (non-hydrogen) atoms. The monoisotopic (exact) mass is 709 g/mol. The number of hydrogen-bond donors (Lipinski definition) is 1. The summed E-state index contributed by atoms with van der Waals surface area (Å²) in [4.78, 5) is 32.4. The fourth-order valence-corrected chi connectivity index (χ4v) is 8.36. The van der Waals surface area contributed by atoms with Crippen molar-refractivity contribution in [2.75, 3.05) is 50.3 Å². The van der Waals surface area contributed by atoms with Crippen LogP contribution in [0.2, 0.25) is 0 Å². The number of benzene rings is 1. The van der Waals surface area contributed by atoms with Gasteiger partial charge in [-0.2, -0.15) is 0 Å². The fraction of sp³-hybridized carbons (Fsp3) is 0.385. The number of methoxy groups -OCH3 is 1. The third-order valence-electron chi connectivity index (χ3n) is 10.2. The Balaban J connectivity index is 1.33. The van der Waals surface area contributed by atoms with Crippen LogP contribution in [-0.4, -0.2) is 69.4 Å². The lowest BCUT2D eigenvalue weighted by Crippen LogP contribution is -2.56. The standard InChI is InChI=1S/C39H44FN7O3S/c1-6-26-8-10-32(43-18-26)35-31(40)17-30-36-38(35)50-23-25(2)47(36)22-28(37(30)48)21-46(20-27-12-14-42-34(16-27)49-4)39(51-5)13-7-15-45(24-39)29-9-11-33(41-3)44-19-29/h8-12,14,16-19,22,25H,6-7,13,15,20-21,23-24H2,1-5H3,(H,41,44). The highest BCUT2D eigenvalue weighted by Gasteiger charge is 2.41. The Bertz CT molecular complexity index is 2090. The molecule has 1 aromatic carbocycles. The number of nitrogens with zero attached hydrogens (tertiary/aromatic N) is 6. The summed E-state index contributed by atoms with van der Waals surface area (Å²) in [5.74, 6) is 1.20. The fourth-order valence-electron chi connectivity index (χ4n) is 7.34. The Morgan fingerprint density at radius 3 is 2.69 bits per heavy atom.